The number of rotatable bonds is 6. The number of nitrogens with one attached hydrogen (secondary N) is 1. The zero-order valence-corrected chi connectivity index (χ0v) is 13.5. The van der Waals surface area contributed by atoms with Crippen LogP contribution in [-0.4, -0.2) is 21.0 Å². The first kappa shape index (κ1) is 16.8. The van der Waals surface area contributed by atoms with Crippen molar-refractivity contribution in [1.29, 1.82) is 0 Å². The molecule has 0 saturated heterocycles. The lowest BCUT2D eigenvalue weighted by Gasteiger charge is -1.98. The normalized spacial score (nSPS) is 11.1. The van der Waals surface area contributed by atoms with Gasteiger partial charge in [-0.1, -0.05) is 37.3 Å². The molecule has 0 spiro atoms. The van der Waals surface area contributed by atoms with Crippen LogP contribution >= 0.6 is 11.3 Å². The molecule has 1 amide bonds. The van der Waals surface area contributed by atoms with Crippen LogP contribution in [0.15, 0.2) is 30.3 Å². The fraction of sp³-hybridized carbons (Fsp3) is 0.267. The molecular weight excluding hydrogens is 316 g/mol. The van der Waals surface area contributed by atoms with E-state index in [1.165, 1.54) is 29.6 Å². The second-order valence-corrected chi connectivity index (χ2v) is 6.30. The van der Waals surface area contributed by atoms with Crippen molar-refractivity contribution < 1.29 is 9.72 Å². The molecule has 8 heteroatoms. The Morgan fingerprint density at radius 3 is 2.83 bits per heavy atom. The summed E-state index contributed by atoms with van der Waals surface area (Å²) in [6.07, 6.45) is 3.45. The number of para-hydroxylation sites is 1. The average Bonchev–Trinajstić information content (AvgIpc) is 2.91. The van der Waals surface area contributed by atoms with Gasteiger partial charge in [0, 0.05) is 18.6 Å². The third kappa shape index (κ3) is 4.96. The van der Waals surface area contributed by atoms with Crippen molar-refractivity contribution in [3.63, 3.8) is 0 Å². The van der Waals surface area contributed by atoms with Crippen LogP contribution < -0.4 is 5.32 Å². The maximum atomic E-state index is 11.9. The minimum Gasteiger partial charge on any atom is -0.297 e. The highest BCUT2D eigenvalue weighted by molar-refractivity contribution is 7.15. The number of aromatic nitrogens is 2. The molecule has 0 atom stereocenters. The molecule has 1 N–H and O–H groups in total. The summed E-state index contributed by atoms with van der Waals surface area (Å²) >= 11 is 1.32. The molecule has 0 fully saturated rings. The van der Waals surface area contributed by atoms with Crippen molar-refractivity contribution in [2.45, 2.75) is 20.3 Å². The van der Waals surface area contributed by atoms with Crippen LogP contribution in [0.5, 0.6) is 0 Å². The number of nitrogens with zero attached hydrogens (tertiary/aromatic N) is 3. The van der Waals surface area contributed by atoms with Crippen molar-refractivity contribution in [3.8, 4) is 0 Å². The van der Waals surface area contributed by atoms with Crippen LogP contribution in [0.4, 0.5) is 10.8 Å². The Labute approximate surface area is 137 Å². The zero-order chi connectivity index (χ0) is 16.8. The van der Waals surface area contributed by atoms with Gasteiger partial charge in [-0.25, -0.2) is 0 Å². The first-order valence-corrected chi connectivity index (χ1v) is 7.82. The molecule has 7 nitrogen and oxygen atoms in total. The highest BCUT2D eigenvalue weighted by Crippen LogP contribution is 2.20. The number of amides is 1. The van der Waals surface area contributed by atoms with E-state index in [0.29, 0.717) is 16.6 Å². The fourth-order valence-electron chi connectivity index (χ4n) is 1.84. The third-order valence-electron chi connectivity index (χ3n) is 2.83. The van der Waals surface area contributed by atoms with Crippen molar-refractivity contribution >= 4 is 34.1 Å². The lowest BCUT2D eigenvalue weighted by atomic mass is 10.1. The predicted molar refractivity (Wildman–Crippen MR) is 89.2 cm³/mol. The van der Waals surface area contributed by atoms with E-state index >= 15 is 0 Å². The SMILES string of the molecule is CC(C)Cc1nnc(NC(=O)C=Cc2ccccc2[N+](=O)[O-])s1. The molecule has 0 saturated carbocycles. The predicted octanol–water partition coefficient (Wildman–Crippen LogP) is 3.30. The number of nitro benzene ring substituents is 1. The Morgan fingerprint density at radius 2 is 2.13 bits per heavy atom. The van der Waals surface area contributed by atoms with E-state index in [0.717, 1.165) is 11.4 Å². The maximum Gasteiger partial charge on any atom is 0.276 e. The number of hydrogen-bond acceptors (Lipinski definition) is 6. The molecule has 0 aliphatic carbocycles. The standard InChI is InChI=1S/C15H16N4O3S/c1-10(2)9-14-17-18-15(23-14)16-13(20)8-7-11-5-3-4-6-12(11)19(21)22/h3-8,10H,9H2,1-2H3,(H,16,18,20). The number of benzene rings is 1. The molecule has 1 heterocycles. The first-order valence-electron chi connectivity index (χ1n) is 7.00. The van der Waals surface area contributed by atoms with Gasteiger partial charge in [-0.05, 0) is 18.1 Å². The van der Waals surface area contributed by atoms with Gasteiger partial charge in [0.05, 0.1) is 10.5 Å². The molecule has 0 radical (unpaired) electrons. The lowest BCUT2D eigenvalue weighted by Crippen LogP contribution is -2.07. The van der Waals surface area contributed by atoms with Gasteiger partial charge in [0.2, 0.25) is 11.0 Å². The summed E-state index contributed by atoms with van der Waals surface area (Å²) in [7, 11) is 0. The van der Waals surface area contributed by atoms with E-state index in [2.05, 4.69) is 29.4 Å². The summed E-state index contributed by atoms with van der Waals surface area (Å²) < 4.78 is 0. The van der Waals surface area contributed by atoms with Crippen molar-refractivity contribution in [2.75, 3.05) is 5.32 Å². The third-order valence-corrected chi connectivity index (χ3v) is 3.69. The molecule has 23 heavy (non-hydrogen) atoms. The zero-order valence-electron chi connectivity index (χ0n) is 12.7. The Bertz CT molecular complexity index is 740. The second-order valence-electron chi connectivity index (χ2n) is 5.24. The summed E-state index contributed by atoms with van der Waals surface area (Å²) in [6.45, 7) is 4.16. The Kier molecular flexibility index (Phi) is 5.53. The van der Waals surface area contributed by atoms with E-state index in [4.69, 9.17) is 0 Å². The second kappa shape index (κ2) is 7.59. The summed E-state index contributed by atoms with van der Waals surface area (Å²) in [4.78, 5) is 22.3. The molecule has 1 aromatic carbocycles. The van der Waals surface area contributed by atoms with E-state index in [9.17, 15) is 14.9 Å². The van der Waals surface area contributed by atoms with Gasteiger partial charge in [0.15, 0.2) is 0 Å². The van der Waals surface area contributed by atoms with Gasteiger partial charge in [0.1, 0.15) is 5.01 Å². The quantitative estimate of drug-likeness (QED) is 0.497. The summed E-state index contributed by atoms with van der Waals surface area (Å²) in [5.74, 6) is 0.0559. The van der Waals surface area contributed by atoms with Gasteiger partial charge in [-0.3, -0.25) is 20.2 Å². The van der Waals surface area contributed by atoms with Crippen LogP contribution in [0, 0.1) is 16.0 Å². The number of carbonyl (C=O) groups excluding carboxylic acids is 1. The van der Waals surface area contributed by atoms with E-state index < -0.39 is 10.8 Å². The topological polar surface area (TPSA) is 98.0 Å². The molecule has 0 bridgehead atoms. The van der Waals surface area contributed by atoms with Crippen molar-refractivity contribution in [1.82, 2.24) is 10.2 Å². The summed E-state index contributed by atoms with van der Waals surface area (Å²) in [5.41, 5.74) is 0.317. The molecule has 2 aromatic rings. The maximum absolute atomic E-state index is 11.9. The monoisotopic (exact) mass is 332 g/mol. The van der Waals surface area contributed by atoms with Crippen LogP contribution in [-0.2, 0) is 11.2 Å². The highest BCUT2D eigenvalue weighted by Gasteiger charge is 2.11. The minimum atomic E-state index is -0.486. The van der Waals surface area contributed by atoms with Crippen LogP contribution in [0.25, 0.3) is 6.08 Å². The first-order chi connectivity index (χ1) is 11.0. The van der Waals surface area contributed by atoms with Crippen molar-refractivity contribution in [3.05, 3.63) is 51.0 Å². The van der Waals surface area contributed by atoms with Gasteiger partial charge in [-0.15, -0.1) is 10.2 Å². The van der Waals surface area contributed by atoms with Crippen LogP contribution in [0.3, 0.4) is 0 Å². The highest BCUT2D eigenvalue weighted by atomic mass is 32.1. The largest absolute Gasteiger partial charge is 0.297 e. The van der Waals surface area contributed by atoms with Gasteiger partial charge in [-0.2, -0.15) is 0 Å². The van der Waals surface area contributed by atoms with Gasteiger partial charge < -0.3 is 0 Å². The average molecular weight is 332 g/mol. The van der Waals surface area contributed by atoms with Gasteiger partial charge in [0.25, 0.3) is 5.69 Å². The van der Waals surface area contributed by atoms with Crippen LogP contribution in [0.1, 0.15) is 24.4 Å². The molecule has 0 unspecified atom stereocenters. The Morgan fingerprint density at radius 1 is 1.39 bits per heavy atom. The van der Waals surface area contributed by atoms with Crippen molar-refractivity contribution in [2.24, 2.45) is 5.92 Å². The summed E-state index contributed by atoms with van der Waals surface area (Å²) in [6, 6.07) is 6.22. The van der Waals surface area contributed by atoms with Gasteiger partial charge >= 0.3 is 0 Å². The number of hydrogen-bond donors (Lipinski definition) is 1. The lowest BCUT2D eigenvalue weighted by molar-refractivity contribution is -0.385. The molecular formula is C15H16N4O3S. The number of carbonyl (C=O) groups is 1. The molecule has 1 aromatic heterocycles. The molecule has 2 rings (SSSR count). The molecule has 0 aliphatic heterocycles. The minimum absolute atomic E-state index is 0.0494. The Hall–Kier alpha value is -2.61. The number of nitro groups is 1. The Balaban J connectivity index is 2.02. The van der Waals surface area contributed by atoms with E-state index in [-0.39, 0.29) is 5.69 Å². The number of anilines is 1. The smallest absolute Gasteiger partial charge is 0.276 e. The van der Waals surface area contributed by atoms with Crippen LogP contribution in [0.2, 0.25) is 0 Å². The fourth-order valence-corrected chi connectivity index (χ4v) is 2.80. The molecule has 0 aliphatic rings. The van der Waals surface area contributed by atoms with E-state index in [1.807, 2.05) is 0 Å². The molecule has 120 valence electrons. The summed E-state index contributed by atoms with van der Waals surface area (Å²) in [5, 5.41) is 22.7. The van der Waals surface area contributed by atoms with E-state index in [1.54, 1.807) is 18.2 Å².